The number of hydrogen-bond acceptors (Lipinski definition) is 5. The fraction of sp³-hybridized carbons (Fsp3) is 0.857. The first-order valence-electron chi connectivity index (χ1n) is 7.19. The molecule has 0 saturated carbocycles. The molecule has 0 unspecified atom stereocenters. The van der Waals surface area contributed by atoms with Crippen LogP contribution in [0.2, 0.25) is 0 Å². The van der Waals surface area contributed by atoms with Crippen LogP contribution in [-0.4, -0.2) is 64.1 Å². The first kappa shape index (κ1) is 17.7. The van der Waals surface area contributed by atoms with E-state index in [9.17, 15) is 19.8 Å². The molecule has 122 valence electrons. The number of ether oxygens (including phenoxy) is 1. The smallest absolute Gasteiger partial charge is 0.410 e. The highest BCUT2D eigenvalue weighted by Gasteiger charge is 2.38. The number of piperidine rings is 1. The van der Waals surface area contributed by atoms with Gasteiger partial charge in [0.25, 0.3) is 0 Å². The zero-order chi connectivity index (χ0) is 16.2. The number of aliphatic hydroxyl groups is 2. The van der Waals surface area contributed by atoms with E-state index >= 15 is 0 Å². The van der Waals surface area contributed by atoms with E-state index in [1.807, 2.05) is 0 Å². The second-order valence-corrected chi connectivity index (χ2v) is 6.41. The van der Waals surface area contributed by atoms with Crippen molar-refractivity contribution in [3.05, 3.63) is 0 Å². The van der Waals surface area contributed by atoms with Gasteiger partial charge < -0.3 is 25.2 Å². The fourth-order valence-electron chi connectivity index (χ4n) is 2.45. The van der Waals surface area contributed by atoms with Gasteiger partial charge in [-0.3, -0.25) is 4.79 Å². The lowest BCUT2D eigenvalue weighted by atomic mass is 9.93. The van der Waals surface area contributed by atoms with E-state index < -0.39 is 30.4 Å². The molecule has 1 aliphatic heterocycles. The maximum atomic E-state index is 12.2. The molecule has 1 fully saturated rings. The lowest BCUT2D eigenvalue weighted by molar-refractivity contribution is -0.120. The van der Waals surface area contributed by atoms with E-state index in [0.29, 0.717) is 19.4 Å². The predicted molar refractivity (Wildman–Crippen MR) is 76.7 cm³/mol. The first-order valence-corrected chi connectivity index (χ1v) is 7.19. The summed E-state index contributed by atoms with van der Waals surface area (Å²) in [5.41, 5.74) is -0.625. The molecule has 7 nitrogen and oxygen atoms in total. The molecule has 1 saturated heterocycles. The summed E-state index contributed by atoms with van der Waals surface area (Å²) in [6.07, 6.45) is -0.594. The van der Waals surface area contributed by atoms with Crippen molar-refractivity contribution in [1.29, 1.82) is 0 Å². The molecule has 1 rings (SSSR count). The van der Waals surface area contributed by atoms with Crippen LogP contribution < -0.4 is 5.32 Å². The van der Waals surface area contributed by atoms with Gasteiger partial charge in [0.15, 0.2) is 0 Å². The minimum Gasteiger partial charge on any atom is -0.444 e. The van der Waals surface area contributed by atoms with Crippen LogP contribution >= 0.6 is 0 Å². The highest BCUT2D eigenvalue weighted by molar-refractivity contribution is 5.73. The highest BCUT2D eigenvalue weighted by atomic mass is 16.6. The SMILES string of the molecule is CC(=O)N[C@@H]1CCN(C(=O)OC(C)(C)C)[C@@H]([C@H](O)CO)C1. The van der Waals surface area contributed by atoms with Crippen molar-refractivity contribution in [2.45, 2.75) is 64.3 Å². The predicted octanol–water partition coefficient (Wildman–Crippen LogP) is 0.244. The van der Waals surface area contributed by atoms with Crippen LogP contribution in [0.15, 0.2) is 0 Å². The number of hydrogen-bond donors (Lipinski definition) is 3. The van der Waals surface area contributed by atoms with Gasteiger partial charge in [0.05, 0.1) is 18.8 Å². The third kappa shape index (κ3) is 5.51. The molecule has 0 bridgehead atoms. The number of nitrogens with one attached hydrogen (secondary N) is 1. The Balaban J connectivity index is 2.78. The molecule has 0 aromatic rings. The molecule has 2 amide bonds. The molecule has 0 aromatic heterocycles. The Labute approximate surface area is 125 Å². The Hall–Kier alpha value is -1.34. The molecule has 21 heavy (non-hydrogen) atoms. The van der Waals surface area contributed by atoms with Crippen molar-refractivity contribution in [3.8, 4) is 0 Å². The molecule has 7 heteroatoms. The van der Waals surface area contributed by atoms with Gasteiger partial charge in [0.2, 0.25) is 5.91 Å². The van der Waals surface area contributed by atoms with Crippen LogP contribution in [0.4, 0.5) is 4.79 Å². The molecule has 3 atom stereocenters. The van der Waals surface area contributed by atoms with E-state index in [-0.39, 0.29) is 11.9 Å². The van der Waals surface area contributed by atoms with Crippen molar-refractivity contribution in [2.75, 3.05) is 13.2 Å². The van der Waals surface area contributed by atoms with Gasteiger partial charge in [-0.1, -0.05) is 0 Å². The second-order valence-electron chi connectivity index (χ2n) is 6.41. The number of likely N-dealkylation sites (tertiary alicyclic amines) is 1. The van der Waals surface area contributed by atoms with Crippen molar-refractivity contribution >= 4 is 12.0 Å². The van der Waals surface area contributed by atoms with Gasteiger partial charge in [0, 0.05) is 19.5 Å². The van der Waals surface area contributed by atoms with E-state index in [2.05, 4.69) is 5.32 Å². The first-order chi connectivity index (χ1) is 9.64. The summed E-state index contributed by atoms with van der Waals surface area (Å²) in [4.78, 5) is 24.8. The van der Waals surface area contributed by atoms with Crippen LogP contribution in [0, 0.1) is 0 Å². The van der Waals surface area contributed by atoms with Crippen molar-refractivity contribution in [2.24, 2.45) is 0 Å². The molecule has 0 aliphatic carbocycles. The number of nitrogens with zero attached hydrogens (tertiary/aromatic N) is 1. The molecular weight excluding hydrogens is 276 g/mol. The van der Waals surface area contributed by atoms with Gasteiger partial charge >= 0.3 is 6.09 Å². The van der Waals surface area contributed by atoms with Crippen molar-refractivity contribution in [3.63, 3.8) is 0 Å². The van der Waals surface area contributed by atoms with Gasteiger partial charge in [-0.25, -0.2) is 4.79 Å². The normalized spacial score (nSPS) is 24.4. The van der Waals surface area contributed by atoms with Gasteiger partial charge in [-0.05, 0) is 33.6 Å². The molecule has 3 N–H and O–H groups in total. The van der Waals surface area contributed by atoms with Crippen molar-refractivity contribution in [1.82, 2.24) is 10.2 Å². The zero-order valence-corrected chi connectivity index (χ0v) is 13.1. The van der Waals surface area contributed by atoms with E-state index in [0.717, 1.165) is 0 Å². The summed E-state index contributed by atoms with van der Waals surface area (Å²) in [6, 6.07) is -0.692. The van der Waals surface area contributed by atoms with E-state index in [1.54, 1.807) is 20.8 Å². The number of aliphatic hydroxyl groups excluding tert-OH is 2. The summed E-state index contributed by atoms with van der Waals surface area (Å²) in [7, 11) is 0. The van der Waals surface area contributed by atoms with Crippen LogP contribution in [0.5, 0.6) is 0 Å². The summed E-state index contributed by atoms with van der Waals surface area (Å²) in [6.45, 7) is 6.65. The summed E-state index contributed by atoms with van der Waals surface area (Å²) in [5, 5.41) is 21.9. The summed E-state index contributed by atoms with van der Waals surface area (Å²) < 4.78 is 5.33. The average Bonchev–Trinajstić information content (AvgIpc) is 2.34. The summed E-state index contributed by atoms with van der Waals surface area (Å²) >= 11 is 0. The van der Waals surface area contributed by atoms with Gasteiger partial charge in [-0.15, -0.1) is 0 Å². The Morgan fingerprint density at radius 1 is 1.43 bits per heavy atom. The zero-order valence-electron chi connectivity index (χ0n) is 13.1. The summed E-state index contributed by atoms with van der Waals surface area (Å²) in [5.74, 6) is -0.150. The largest absolute Gasteiger partial charge is 0.444 e. The number of carbonyl (C=O) groups excluding carboxylic acids is 2. The molecular formula is C14H26N2O5. The van der Waals surface area contributed by atoms with E-state index in [4.69, 9.17) is 4.74 Å². The number of rotatable bonds is 3. The minimum atomic E-state index is -1.06. The Kier molecular flexibility index (Phi) is 5.98. The van der Waals surface area contributed by atoms with E-state index in [1.165, 1.54) is 11.8 Å². The Bertz CT molecular complexity index is 380. The molecule has 0 aromatic carbocycles. The fourth-order valence-corrected chi connectivity index (χ4v) is 2.45. The van der Waals surface area contributed by atoms with Crippen LogP contribution in [0.1, 0.15) is 40.5 Å². The van der Waals surface area contributed by atoms with Crippen LogP contribution in [0.25, 0.3) is 0 Å². The standard InChI is InChI=1S/C14H26N2O5/c1-9(18)15-10-5-6-16(11(7-10)12(19)8-17)13(20)21-14(2,3)4/h10-12,17,19H,5-8H2,1-4H3,(H,15,18)/t10-,11-,12-/m1/s1. The molecule has 0 radical (unpaired) electrons. The monoisotopic (exact) mass is 302 g/mol. The Morgan fingerprint density at radius 3 is 2.52 bits per heavy atom. The average molecular weight is 302 g/mol. The minimum absolute atomic E-state index is 0.118. The number of amides is 2. The topological polar surface area (TPSA) is 99.1 Å². The second kappa shape index (κ2) is 7.09. The quantitative estimate of drug-likeness (QED) is 0.694. The van der Waals surface area contributed by atoms with Crippen molar-refractivity contribution < 1.29 is 24.5 Å². The number of carbonyl (C=O) groups is 2. The lowest BCUT2D eigenvalue weighted by Crippen LogP contribution is -2.57. The Morgan fingerprint density at radius 2 is 2.05 bits per heavy atom. The van der Waals surface area contributed by atoms with Crippen LogP contribution in [-0.2, 0) is 9.53 Å². The third-order valence-corrected chi connectivity index (χ3v) is 3.31. The van der Waals surface area contributed by atoms with Gasteiger partial charge in [-0.2, -0.15) is 0 Å². The maximum Gasteiger partial charge on any atom is 0.410 e. The molecule has 1 aliphatic rings. The molecule has 0 spiro atoms. The highest BCUT2D eigenvalue weighted by Crippen LogP contribution is 2.23. The third-order valence-electron chi connectivity index (χ3n) is 3.31. The maximum absolute atomic E-state index is 12.2. The lowest BCUT2D eigenvalue weighted by Gasteiger charge is -2.41. The van der Waals surface area contributed by atoms with Gasteiger partial charge in [0.1, 0.15) is 5.60 Å². The van der Waals surface area contributed by atoms with Crippen LogP contribution in [0.3, 0.4) is 0 Å². The molecule has 1 heterocycles.